The molecule has 2 N–H and O–H groups in total. The molecule has 0 bridgehead atoms. The van der Waals surface area contributed by atoms with E-state index in [0.29, 0.717) is 11.0 Å². The van der Waals surface area contributed by atoms with Gasteiger partial charge in [0.05, 0.1) is 0 Å². The molecule has 2 rings (SSSR count). The zero-order chi connectivity index (χ0) is 10.1. The second kappa shape index (κ2) is 3.87. The Morgan fingerprint density at radius 3 is 2.93 bits per heavy atom. The van der Waals surface area contributed by atoms with Crippen molar-refractivity contribution in [2.75, 3.05) is 13.1 Å². The van der Waals surface area contributed by atoms with E-state index in [0.717, 1.165) is 13.1 Å². The predicted octanol–water partition coefficient (Wildman–Crippen LogP) is 2.09. The molecular formula is C10H14N2S2. The second-order valence-electron chi connectivity index (χ2n) is 3.72. The van der Waals surface area contributed by atoms with Gasteiger partial charge < -0.3 is 10.6 Å². The standard InChI is InChI=1S/C10H14N2S2/c1-7-2-3-9(14-7)8-4-5-12(6-8)10(11)13/h2-3,8H,4-6H2,1H3,(H2,11,13)/t8-/m0/s1. The number of rotatable bonds is 1. The van der Waals surface area contributed by atoms with Crippen LogP contribution in [0.2, 0.25) is 0 Å². The maximum absolute atomic E-state index is 5.60. The summed E-state index contributed by atoms with van der Waals surface area (Å²) in [4.78, 5) is 4.95. The van der Waals surface area contributed by atoms with Crippen molar-refractivity contribution in [3.8, 4) is 0 Å². The zero-order valence-electron chi connectivity index (χ0n) is 8.19. The van der Waals surface area contributed by atoms with Crippen LogP contribution in [0.25, 0.3) is 0 Å². The molecule has 1 aromatic rings. The number of aryl methyl sites for hydroxylation is 1. The third kappa shape index (κ3) is 1.91. The van der Waals surface area contributed by atoms with Crippen LogP contribution < -0.4 is 5.73 Å². The number of thiocarbonyl (C=S) groups is 1. The van der Waals surface area contributed by atoms with Crippen LogP contribution in [0.1, 0.15) is 22.1 Å². The van der Waals surface area contributed by atoms with Crippen LogP contribution >= 0.6 is 23.6 Å². The summed E-state index contributed by atoms with van der Waals surface area (Å²) >= 11 is 6.86. The van der Waals surface area contributed by atoms with Crippen LogP contribution in [-0.4, -0.2) is 23.1 Å². The molecule has 0 spiro atoms. The zero-order valence-corrected chi connectivity index (χ0v) is 9.83. The van der Waals surface area contributed by atoms with Gasteiger partial charge in [-0.1, -0.05) is 0 Å². The molecule has 2 heterocycles. The van der Waals surface area contributed by atoms with Crippen molar-refractivity contribution in [2.24, 2.45) is 5.73 Å². The van der Waals surface area contributed by atoms with E-state index < -0.39 is 0 Å². The van der Waals surface area contributed by atoms with Gasteiger partial charge in [-0.2, -0.15) is 0 Å². The summed E-state index contributed by atoms with van der Waals surface area (Å²) in [6.45, 7) is 4.15. The lowest BCUT2D eigenvalue weighted by Crippen LogP contribution is -2.33. The highest BCUT2D eigenvalue weighted by Crippen LogP contribution is 2.31. The predicted molar refractivity (Wildman–Crippen MR) is 64.8 cm³/mol. The molecule has 1 atom stereocenters. The Morgan fingerprint density at radius 1 is 1.64 bits per heavy atom. The Labute approximate surface area is 93.7 Å². The van der Waals surface area contributed by atoms with Gasteiger partial charge in [0.25, 0.3) is 0 Å². The molecule has 2 nitrogen and oxygen atoms in total. The van der Waals surface area contributed by atoms with Crippen molar-refractivity contribution >= 4 is 28.7 Å². The fourth-order valence-corrected chi connectivity index (χ4v) is 3.03. The van der Waals surface area contributed by atoms with Crippen LogP contribution in [0.4, 0.5) is 0 Å². The lowest BCUT2D eigenvalue weighted by molar-refractivity contribution is 0.515. The molecule has 1 aliphatic heterocycles. The lowest BCUT2D eigenvalue weighted by Gasteiger charge is -2.15. The third-order valence-electron chi connectivity index (χ3n) is 2.66. The highest BCUT2D eigenvalue weighted by molar-refractivity contribution is 7.80. The monoisotopic (exact) mass is 226 g/mol. The van der Waals surface area contributed by atoms with E-state index in [1.54, 1.807) is 0 Å². The number of likely N-dealkylation sites (tertiary alicyclic amines) is 1. The van der Waals surface area contributed by atoms with Gasteiger partial charge in [-0.3, -0.25) is 0 Å². The van der Waals surface area contributed by atoms with Gasteiger partial charge in [0.1, 0.15) is 0 Å². The molecule has 1 fully saturated rings. The molecule has 0 amide bonds. The normalized spacial score (nSPS) is 21.5. The average Bonchev–Trinajstić information content (AvgIpc) is 2.70. The Hall–Kier alpha value is -0.610. The Kier molecular flexibility index (Phi) is 2.74. The Balaban J connectivity index is 2.05. The molecule has 0 unspecified atom stereocenters. The van der Waals surface area contributed by atoms with E-state index >= 15 is 0 Å². The lowest BCUT2D eigenvalue weighted by atomic mass is 10.1. The highest BCUT2D eigenvalue weighted by Gasteiger charge is 2.25. The summed E-state index contributed by atoms with van der Waals surface area (Å²) in [7, 11) is 0. The first-order valence-corrected chi connectivity index (χ1v) is 6.00. The first-order valence-electron chi connectivity index (χ1n) is 4.77. The third-order valence-corrected chi connectivity index (χ3v) is 4.08. The molecule has 4 heteroatoms. The fourth-order valence-electron chi connectivity index (χ4n) is 1.87. The van der Waals surface area contributed by atoms with E-state index in [-0.39, 0.29) is 0 Å². The van der Waals surface area contributed by atoms with Crippen LogP contribution in [-0.2, 0) is 0 Å². The summed E-state index contributed by atoms with van der Waals surface area (Å²) in [5.74, 6) is 0.634. The molecular weight excluding hydrogens is 212 g/mol. The molecule has 14 heavy (non-hydrogen) atoms. The smallest absolute Gasteiger partial charge is 0.166 e. The average molecular weight is 226 g/mol. The highest BCUT2D eigenvalue weighted by atomic mass is 32.1. The Bertz CT molecular complexity index is 346. The van der Waals surface area contributed by atoms with E-state index in [9.17, 15) is 0 Å². The van der Waals surface area contributed by atoms with E-state index in [1.165, 1.54) is 16.2 Å². The molecule has 0 radical (unpaired) electrons. The van der Waals surface area contributed by atoms with Gasteiger partial charge in [0.2, 0.25) is 0 Å². The molecule has 1 aromatic heterocycles. The van der Waals surface area contributed by atoms with Crippen LogP contribution in [0.15, 0.2) is 12.1 Å². The van der Waals surface area contributed by atoms with E-state index in [4.69, 9.17) is 18.0 Å². The summed E-state index contributed by atoms with van der Waals surface area (Å²) in [6, 6.07) is 4.41. The first-order chi connectivity index (χ1) is 6.66. The topological polar surface area (TPSA) is 29.3 Å². The number of thiophene rings is 1. The van der Waals surface area contributed by atoms with Crippen molar-refractivity contribution in [1.29, 1.82) is 0 Å². The molecule has 0 saturated carbocycles. The maximum Gasteiger partial charge on any atom is 0.166 e. The fraction of sp³-hybridized carbons (Fsp3) is 0.500. The quantitative estimate of drug-likeness (QED) is 0.744. The summed E-state index contributed by atoms with van der Waals surface area (Å²) in [6.07, 6.45) is 1.18. The minimum absolute atomic E-state index is 0.542. The molecule has 0 aromatic carbocycles. The van der Waals surface area contributed by atoms with Crippen molar-refractivity contribution in [3.05, 3.63) is 21.9 Å². The van der Waals surface area contributed by atoms with Crippen molar-refractivity contribution in [2.45, 2.75) is 19.3 Å². The molecule has 0 aliphatic carbocycles. The van der Waals surface area contributed by atoms with Crippen LogP contribution in [0.3, 0.4) is 0 Å². The van der Waals surface area contributed by atoms with Crippen molar-refractivity contribution in [3.63, 3.8) is 0 Å². The molecule has 1 saturated heterocycles. The van der Waals surface area contributed by atoms with Crippen molar-refractivity contribution in [1.82, 2.24) is 4.90 Å². The number of hydrogen-bond donors (Lipinski definition) is 1. The van der Waals surface area contributed by atoms with Gasteiger partial charge in [0, 0.05) is 28.8 Å². The molecule has 76 valence electrons. The summed E-state index contributed by atoms with van der Waals surface area (Å²) < 4.78 is 0. The van der Waals surface area contributed by atoms with Crippen LogP contribution in [0.5, 0.6) is 0 Å². The summed E-state index contributed by atoms with van der Waals surface area (Å²) in [5.41, 5.74) is 5.60. The number of nitrogens with zero attached hydrogens (tertiary/aromatic N) is 1. The maximum atomic E-state index is 5.60. The number of nitrogens with two attached hydrogens (primary N) is 1. The van der Waals surface area contributed by atoms with Gasteiger partial charge in [-0.25, -0.2) is 0 Å². The van der Waals surface area contributed by atoms with Gasteiger partial charge in [-0.15, -0.1) is 11.3 Å². The second-order valence-corrected chi connectivity index (χ2v) is 5.46. The van der Waals surface area contributed by atoms with E-state index in [1.807, 2.05) is 11.3 Å². The van der Waals surface area contributed by atoms with E-state index in [2.05, 4.69) is 24.0 Å². The van der Waals surface area contributed by atoms with Gasteiger partial charge in [-0.05, 0) is 37.7 Å². The summed E-state index contributed by atoms with van der Waals surface area (Å²) in [5, 5.41) is 0.542. The Morgan fingerprint density at radius 2 is 2.43 bits per heavy atom. The first kappa shape index (κ1) is 9.93. The van der Waals surface area contributed by atoms with Crippen LogP contribution in [0, 0.1) is 6.92 Å². The largest absolute Gasteiger partial charge is 0.376 e. The van der Waals surface area contributed by atoms with Crippen molar-refractivity contribution < 1.29 is 0 Å². The molecule has 1 aliphatic rings. The SMILES string of the molecule is Cc1ccc([C@H]2CCN(C(N)=S)C2)s1. The van der Waals surface area contributed by atoms with Gasteiger partial charge in [0.15, 0.2) is 5.11 Å². The number of hydrogen-bond acceptors (Lipinski definition) is 2. The minimum atomic E-state index is 0.542. The van der Waals surface area contributed by atoms with Gasteiger partial charge >= 0.3 is 0 Å². The minimum Gasteiger partial charge on any atom is -0.376 e.